The zero-order chi connectivity index (χ0) is 16.2. The van der Waals surface area contributed by atoms with Crippen molar-refractivity contribution in [2.75, 3.05) is 18.0 Å². The summed E-state index contributed by atoms with van der Waals surface area (Å²) in [5, 5.41) is 0. The summed E-state index contributed by atoms with van der Waals surface area (Å²) in [5.41, 5.74) is 1.24. The van der Waals surface area contributed by atoms with Crippen molar-refractivity contribution in [3.8, 4) is 0 Å². The molecule has 1 aliphatic heterocycles. The Morgan fingerprint density at radius 2 is 1.81 bits per heavy atom. The van der Waals surface area contributed by atoms with Crippen molar-refractivity contribution in [3.05, 3.63) is 29.8 Å². The molecule has 0 atom stereocenters. The summed E-state index contributed by atoms with van der Waals surface area (Å²) in [6.07, 6.45) is 0. The molecule has 0 saturated carbocycles. The number of nitrogens with zero attached hydrogens (tertiary/aromatic N) is 2. The van der Waals surface area contributed by atoms with E-state index in [1.54, 1.807) is 23.6 Å². The van der Waals surface area contributed by atoms with E-state index in [4.69, 9.17) is 0 Å². The van der Waals surface area contributed by atoms with Gasteiger partial charge in [0.15, 0.2) is 0 Å². The predicted molar refractivity (Wildman–Crippen MR) is 86.3 cm³/mol. The summed E-state index contributed by atoms with van der Waals surface area (Å²) >= 11 is 0. The summed E-state index contributed by atoms with van der Waals surface area (Å²) in [7, 11) is 0. The third-order valence-electron chi connectivity index (χ3n) is 3.68. The highest BCUT2D eigenvalue weighted by Gasteiger charge is 2.43. The summed E-state index contributed by atoms with van der Waals surface area (Å²) in [6, 6.07) is 7.88. The number of carbonyl (C=O) groups excluding carboxylic acids is 2. The minimum Gasteiger partial charge on any atom is -0.327 e. The first-order valence-electron chi connectivity index (χ1n) is 7.51. The topological polar surface area (TPSA) is 40.6 Å². The van der Waals surface area contributed by atoms with Gasteiger partial charge in [0.05, 0.1) is 0 Å². The number of amides is 2. The van der Waals surface area contributed by atoms with Crippen molar-refractivity contribution < 1.29 is 9.59 Å². The fourth-order valence-corrected chi connectivity index (χ4v) is 2.62. The second-order valence-corrected chi connectivity index (χ2v) is 5.53. The van der Waals surface area contributed by atoms with Crippen LogP contribution in [0.25, 0.3) is 0 Å². The molecule has 1 saturated heterocycles. The van der Waals surface area contributed by atoms with E-state index in [0.29, 0.717) is 13.1 Å². The molecular formula is C17H26N2O2. The maximum atomic E-state index is 12.6. The summed E-state index contributed by atoms with van der Waals surface area (Å²) < 4.78 is 0. The van der Waals surface area contributed by atoms with E-state index >= 15 is 0 Å². The van der Waals surface area contributed by atoms with E-state index in [0.717, 1.165) is 11.3 Å². The van der Waals surface area contributed by atoms with Crippen LogP contribution < -0.4 is 4.90 Å². The lowest BCUT2D eigenvalue weighted by Crippen LogP contribution is -2.64. The molecule has 0 spiro atoms. The van der Waals surface area contributed by atoms with Gasteiger partial charge in [-0.05, 0) is 38.5 Å². The van der Waals surface area contributed by atoms with Crippen molar-refractivity contribution in [1.29, 1.82) is 0 Å². The first kappa shape index (κ1) is 17.2. The number of benzene rings is 1. The van der Waals surface area contributed by atoms with Crippen LogP contribution in [0.3, 0.4) is 0 Å². The zero-order valence-electron chi connectivity index (χ0n) is 13.9. The van der Waals surface area contributed by atoms with Crippen LogP contribution in [0.2, 0.25) is 0 Å². The number of rotatable bonds is 1. The van der Waals surface area contributed by atoms with E-state index in [2.05, 4.69) is 0 Å². The Morgan fingerprint density at radius 3 is 2.33 bits per heavy atom. The van der Waals surface area contributed by atoms with E-state index in [1.165, 1.54) is 6.92 Å². The van der Waals surface area contributed by atoms with Gasteiger partial charge < -0.3 is 9.80 Å². The number of anilines is 1. The number of piperazine rings is 1. The average molecular weight is 290 g/mol. The largest absolute Gasteiger partial charge is 0.327 e. The first-order chi connectivity index (χ1) is 9.84. The molecule has 4 heteroatoms. The van der Waals surface area contributed by atoms with Gasteiger partial charge in [0.1, 0.15) is 5.54 Å². The van der Waals surface area contributed by atoms with Crippen LogP contribution >= 0.6 is 0 Å². The molecule has 1 aliphatic rings. The Labute approximate surface area is 127 Å². The number of hydrogen-bond acceptors (Lipinski definition) is 2. The minimum absolute atomic E-state index is 0.0282. The third-order valence-corrected chi connectivity index (χ3v) is 3.68. The fraction of sp³-hybridized carbons (Fsp3) is 0.529. The van der Waals surface area contributed by atoms with Crippen LogP contribution in [0.4, 0.5) is 5.69 Å². The van der Waals surface area contributed by atoms with Crippen molar-refractivity contribution >= 4 is 17.5 Å². The average Bonchev–Trinajstić information content (AvgIpc) is 2.43. The van der Waals surface area contributed by atoms with Gasteiger partial charge in [-0.1, -0.05) is 26.0 Å². The lowest BCUT2D eigenvalue weighted by Gasteiger charge is -2.45. The van der Waals surface area contributed by atoms with Crippen molar-refractivity contribution in [2.24, 2.45) is 0 Å². The molecule has 1 aromatic rings. The molecule has 21 heavy (non-hydrogen) atoms. The number of carbonyl (C=O) groups is 2. The lowest BCUT2D eigenvalue weighted by molar-refractivity contribution is -0.145. The second-order valence-electron chi connectivity index (χ2n) is 5.53. The highest BCUT2D eigenvalue weighted by Crippen LogP contribution is 2.27. The molecule has 0 aliphatic carbocycles. The molecule has 0 bridgehead atoms. The molecular weight excluding hydrogens is 264 g/mol. The predicted octanol–water partition coefficient (Wildman–Crippen LogP) is 2.99. The summed E-state index contributed by atoms with van der Waals surface area (Å²) in [6.45, 7) is 12.2. The lowest BCUT2D eigenvalue weighted by atomic mass is 9.96. The molecule has 0 unspecified atom stereocenters. The maximum Gasteiger partial charge on any atom is 0.252 e. The standard InChI is InChI=1S/C15H20N2O2.C2H6/c1-11-6-5-7-13(10-11)16-8-9-17(12(2)18)15(3,4)14(16)19;1-2/h5-7,10H,8-9H2,1-4H3;1-2H3. The highest BCUT2D eigenvalue weighted by atomic mass is 16.2. The van der Waals surface area contributed by atoms with Crippen molar-refractivity contribution in [1.82, 2.24) is 4.90 Å². The van der Waals surface area contributed by atoms with Gasteiger partial charge in [-0.3, -0.25) is 9.59 Å². The van der Waals surface area contributed by atoms with Gasteiger partial charge in [0, 0.05) is 25.7 Å². The highest BCUT2D eigenvalue weighted by molar-refractivity contribution is 6.02. The SMILES string of the molecule is CC.CC(=O)N1CCN(c2cccc(C)c2)C(=O)C1(C)C. The molecule has 1 fully saturated rings. The summed E-state index contributed by atoms with van der Waals surface area (Å²) in [4.78, 5) is 27.6. The second kappa shape index (κ2) is 6.74. The molecule has 2 rings (SSSR count). The van der Waals surface area contributed by atoms with Gasteiger partial charge in [-0.25, -0.2) is 0 Å². The Balaban J connectivity index is 0.00000106. The van der Waals surface area contributed by atoms with Crippen LogP contribution in [-0.2, 0) is 9.59 Å². The quantitative estimate of drug-likeness (QED) is 0.797. The molecule has 0 radical (unpaired) electrons. The Morgan fingerprint density at radius 1 is 1.19 bits per heavy atom. The molecule has 1 heterocycles. The maximum absolute atomic E-state index is 12.6. The molecule has 0 N–H and O–H groups in total. The van der Waals surface area contributed by atoms with E-state index < -0.39 is 5.54 Å². The van der Waals surface area contributed by atoms with Crippen LogP contribution in [0.1, 0.15) is 40.2 Å². The Kier molecular flexibility index (Phi) is 5.53. The normalized spacial score (nSPS) is 17.1. The monoisotopic (exact) mass is 290 g/mol. The van der Waals surface area contributed by atoms with E-state index in [1.807, 2.05) is 45.0 Å². The first-order valence-corrected chi connectivity index (χ1v) is 7.51. The Hall–Kier alpha value is -1.84. The molecule has 116 valence electrons. The number of aryl methyl sites for hydroxylation is 1. The molecule has 1 aromatic carbocycles. The van der Waals surface area contributed by atoms with E-state index in [9.17, 15) is 9.59 Å². The Bertz CT molecular complexity index is 523. The van der Waals surface area contributed by atoms with Gasteiger partial charge >= 0.3 is 0 Å². The number of hydrogen-bond donors (Lipinski definition) is 0. The van der Waals surface area contributed by atoms with Gasteiger partial charge in [0.2, 0.25) is 5.91 Å². The van der Waals surface area contributed by atoms with Crippen LogP contribution in [-0.4, -0.2) is 35.3 Å². The minimum atomic E-state index is -0.784. The van der Waals surface area contributed by atoms with Gasteiger partial charge in [-0.2, -0.15) is 0 Å². The van der Waals surface area contributed by atoms with E-state index in [-0.39, 0.29) is 11.8 Å². The van der Waals surface area contributed by atoms with Crippen LogP contribution in [0.5, 0.6) is 0 Å². The van der Waals surface area contributed by atoms with Crippen LogP contribution in [0, 0.1) is 6.92 Å². The zero-order valence-corrected chi connectivity index (χ0v) is 13.9. The molecule has 0 aromatic heterocycles. The molecule has 2 amide bonds. The fourth-order valence-electron chi connectivity index (χ4n) is 2.62. The molecule has 4 nitrogen and oxygen atoms in total. The smallest absolute Gasteiger partial charge is 0.252 e. The van der Waals surface area contributed by atoms with Crippen molar-refractivity contribution in [3.63, 3.8) is 0 Å². The summed E-state index contributed by atoms with van der Waals surface area (Å²) in [5.74, 6) is -0.0817. The van der Waals surface area contributed by atoms with Gasteiger partial charge in [-0.15, -0.1) is 0 Å². The van der Waals surface area contributed by atoms with Gasteiger partial charge in [0.25, 0.3) is 5.91 Å². The van der Waals surface area contributed by atoms with Crippen molar-refractivity contribution in [2.45, 2.75) is 47.1 Å². The third kappa shape index (κ3) is 3.43. The van der Waals surface area contributed by atoms with Crippen LogP contribution in [0.15, 0.2) is 24.3 Å².